The summed E-state index contributed by atoms with van der Waals surface area (Å²) in [7, 11) is 0. The van der Waals surface area contributed by atoms with Gasteiger partial charge in [0.15, 0.2) is 0 Å². The summed E-state index contributed by atoms with van der Waals surface area (Å²) in [5.41, 5.74) is 2.51. The summed E-state index contributed by atoms with van der Waals surface area (Å²) in [6.45, 7) is 5.35. The van der Waals surface area contributed by atoms with Gasteiger partial charge < -0.3 is 19.0 Å². The van der Waals surface area contributed by atoms with E-state index in [1.807, 2.05) is 37.3 Å². The van der Waals surface area contributed by atoms with Gasteiger partial charge in [-0.3, -0.25) is 4.79 Å². The monoisotopic (exact) mass is 426 g/mol. The second-order valence-electron chi connectivity index (χ2n) is 7.53. The van der Waals surface area contributed by atoms with Gasteiger partial charge in [0.1, 0.15) is 16.9 Å². The van der Waals surface area contributed by atoms with Gasteiger partial charge in [0.25, 0.3) is 5.91 Å². The minimum Gasteiger partial charge on any atom is -0.494 e. The third-order valence-corrected chi connectivity index (χ3v) is 5.61. The lowest BCUT2D eigenvalue weighted by molar-refractivity contribution is 0.102. The summed E-state index contributed by atoms with van der Waals surface area (Å²) in [4.78, 5) is 25.4. The van der Waals surface area contributed by atoms with Gasteiger partial charge in [-0.1, -0.05) is 18.2 Å². The zero-order valence-electron chi connectivity index (χ0n) is 17.8. The number of fused-ring (bicyclic) bond motifs is 4. The summed E-state index contributed by atoms with van der Waals surface area (Å²) in [5, 5.41) is 5.67. The number of carbonyl (C=O) groups excluding carboxylic acids is 1. The van der Waals surface area contributed by atoms with Gasteiger partial charge in [-0.2, -0.15) is 0 Å². The standard InChI is InChI=1S/C26H22N2O4/c1-3-28-22-8-6-5-7-19(22)20-14-17(10-12-23(20)28)27-25(29)21-13-16-9-11-18(31-4-2)15-24(16)32-26(21)30/h5-15H,3-4H2,1-2H3,(H,27,29). The molecular formula is C26H22N2O4. The van der Waals surface area contributed by atoms with E-state index in [1.54, 1.807) is 24.3 Å². The first-order chi connectivity index (χ1) is 15.6. The molecule has 0 atom stereocenters. The van der Waals surface area contributed by atoms with E-state index < -0.39 is 11.5 Å². The molecule has 2 aromatic heterocycles. The molecule has 0 aliphatic rings. The highest BCUT2D eigenvalue weighted by molar-refractivity contribution is 6.11. The van der Waals surface area contributed by atoms with Crippen LogP contribution >= 0.6 is 0 Å². The maximum Gasteiger partial charge on any atom is 0.349 e. The SMILES string of the molecule is CCOc1ccc2cc(C(=O)Nc3ccc4c(c3)c3ccccc3n4CC)c(=O)oc2c1. The predicted octanol–water partition coefficient (Wildman–Crippen LogP) is 5.57. The number of hydrogen-bond acceptors (Lipinski definition) is 4. The van der Waals surface area contributed by atoms with Crippen LogP contribution in [0.25, 0.3) is 32.8 Å². The molecule has 0 spiro atoms. The molecule has 6 heteroatoms. The minimum atomic E-state index is -0.688. The van der Waals surface area contributed by atoms with E-state index in [4.69, 9.17) is 9.15 Å². The molecule has 0 saturated carbocycles. The van der Waals surface area contributed by atoms with E-state index in [0.717, 1.165) is 28.4 Å². The molecular weight excluding hydrogens is 404 g/mol. The molecule has 0 fully saturated rings. The van der Waals surface area contributed by atoms with Crippen LogP contribution in [-0.4, -0.2) is 17.1 Å². The molecule has 0 radical (unpaired) electrons. The van der Waals surface area contributed by atoms with Gasteiger partial charge in [-0.25, -0.2) is 4.79 Å². The van der Waals surface area contributed by atoms with Crippen molar-refractivity contribution < 1.29 is 13.9 Å². The van der Waals surface area contributed by atoms with Gasteiger partial charge in [0.05, 0.1) is 6.61 Å². The van der Waals surface area contributed by atoms with E-state index in [-0.39, 0.29) is 5.56 Å². The van der Waals surface area contributed by atoms with Gasteiger partial charge in [0, 0.05) is 45.5 Å². The summed E-state index contributed by atoms with van der Waals surface area (Å²) < 4.78 is 13.1. The van der Waals surface area contributed by atoms with Crippen LogP contribution in [0.2, 0.25) is 0 Å². The van der Waals surface area contributed by atoms with Crippen LogP contribution in [0.5, 0.6) is 5.75 Å². The number of ether oxygens (including phenoxy) is 1. The Balaban J connectivity index is 1.51. The average molecular weight is 426 g/mol. The quantitative estimate of drug-likeness (QED) is 0.373. The molecule has 5 aromatic rings. The Kier molecular flexibility index (Phi) is 4.90. The summed E-state index contributed by atoms with van der Waals surface area (Å²) in [5.74, 6) is 0.105. The van der Waals surface area contributed by atoms with Crippen molar-refractivity contribution in [2.24, 2.45) is 0 Å². The molecule has 2 heterocycles. The molecule has 3 aromatic carbocycles. The fourth-order valence-electron chi connectivity index (χ4n) is 4.18. The largest absolute Gasteiger partial charge is 0.494 e. The molecule has 0 aliphatic carbocycles. The number of aromatic nitrogens is 1. The number of carbonyl (C=O) groups is 1. The Morgan fingerprint density at radius 1 is 0.969 bits per heavy atom. The van der Waals surface area contributed by atoms with Gasteiger partial charge >= 0.3 is 5.63 Å². The molecule has 32 heavy (non-hydrogen) atoms. The zero-order valence-corrected chi connectivity index (χ0v) is 17.8. The fraction of sp³-hybridized carbons (Fsp3) is 0.154. The molecule has 0 aliphatic heterocycles. The van der Waals surface area contributed by atoms with Crippen LogP contribution in [0.15, 0.2) is 75.9 Å². The summed E-state index contributed by atoms with van der Waals surface area (Å²) >= 11 is 0. The van der Waals surface area contributed by atoms with Crippen molar-refractivity contribution in [1.29, 1.82) is 0 Å². The van der Waals surface area contributed by atoms with Crippen LogP contribution in [-0.2, 0) is 6.54 Å². The van der Waals surface area contributed by atoms with E-state index >= 15 is 0 Å². The van der Waals surface area contributed by atoms with Gasteiger partial charge in [-0.15, -0.1) is 0 Å². The number of nitrogens with zero attached hydrogens (tertiary/aromatic N) is 1. The van der Waals surface area contributed by atoms with Crippen LogP contribution in [0, 0.1) is 0 Å². The molecule has 6 nitrogen and oxygen atoms in total. The van der Waals surface area contributed by atoms with E-state index in [2.05, 4.69) is 28.9 Å². The number of aryl methyl sites for hydroxylation is 1. The topological polar surface area (TPSA) is 73.5 Å². The highest BCUT2D eigenvalue weighted by Gasteiger charge is 2.16. The smallest absolute Gasteiger partial charge is 0.349 e. The first-order valence-corrected chi connectivity index (χ1v) is 10.6. The van der Waals surface area contributed by atoms with E-state index in [9.17, 15) is 9.59 Å². The summed E-state index contributed by atoms with van der Waals surface area (Å²) in [6.07, 6.45) is 0. The maximum absolute atomic E-state index is 12.9. The van der Waals surface area contributed by atoms with E-state index in [0.29, 0.717) is 29.0 Å². The van der Waals surface area contributed by atoms with Gasteiger partial charge in [0.2, 0.25) is 0 Å². The molecule has 1 N–H and O–H groups in total. The molecule has 160 valence electrons. The number of hydrogen-bond donors (Lipinski definition) is 1. The molecule has 0 unspecified atom stereocenters. The fourth-order valence-corrected chi connectivity index (χ4v) is 4.18. The second-order valence-corrected chi connectivity index (χ2v) is 7.53. The lowest BCUT2D eigenvalue weighted by atomic mass is 10.1. The Hall–Kier alpha value is -4.06. The molecule has 5 rings (SSSR count). The van der Waals surface area contributed by atoms with E-state index in [1.165, 1.54) is 0 Å². The van der Waals surface area contributed by atoms with Crippen molar-refractivity contribution >= 4 is 44.4 Å². The third-order valence-electron chi connectivity index (χ3n) is 5.61. The number of anilines is 1. The molecule has 1 amide bonds. The number of benzene rings is 3. The first-order valence-electron chi connectivity index (χ1n) is 10.6. The lowest BCUT2D eigenvalue weighted by Crippen LogP contribution is -2.20. The number of amides is 1. The number of para-hydroxylation sites is 1. The van der Waals surface area contributed by atoms with Gasteiger partial charge in [-0.05, 0) is 56.3 Å². The second kappa shape index (κ2) is 7.89. The Morgan fingerprint density at radius 3 is 2.59 bits per heavy atom. The average Bonchev–Trinajstić information content (AvgIpc) is 3.11. The van der Waals surface area contributed by atoms with Crippen LogP contribution in [0.1, 0.15) is 24.2 Å². The van der Waals surface area contributed by atoms with Crippen molar-refractivity contribution in [2.75, 3.05) is 11.9 Å². The minimum absolute atomic E-state index is 0.0438. The van der Waals surface area contributed by atoms with Crippen LogP contribution in [0.3, 0.4) is 0 Å². The zero-order chi connectivity index (χ0) is 22.2. The van der Waals surface area contributed by atoms with Crippen LogP contribution in [0.4, 0.5) is 5.69 Å². The Morgan fingerprint density at radius 2 is 1.78 bits per heavy atom. The highest BCUT2D eigenvalue weighted by Crippen LogP contribution is 2.31. The number of nitrogens with one attached hydrogen (secondary N) is 1. The molecule has 0 saturated heterocycles. The van der Waals surface area contributed by atoms with Crippen molar-refractivity contribution in [3.05, 3.63) is 82.7 Å². The molecule has 0 bridgehead atoms. The maximum atomic E-state index is 12.9. The lowest BCUT2D eigenvalue weighted by Gasteiger charge is -2.08. The van der Waals surface area contributed by atoms with Crippen molar-refractivity contribution in [3.8, 4) is 5.75 Å². The van der Waals surface area contributed by atoms with Crippen molar-refractivity contribution in [1.82, 2.24) is 4.57 Å². The summed E-state index contributed by atoms with van der Waals surface area (Å²) in [6, 6.07) is 20.7. The van der Waals surface area contributed by atoms with Crippen molar-refractivity contribution in [2.45, 2.75) is 20.4 Å². The predicted molar refractivity (Wildman–Crippen MR) is 127 cm³/mol. The normalized spacial score (nSPS) is 11.3. The van der Waals surface area contributed by atoms with Crippen LogP contribution < -0.4 is 15.7 Å². The first kappa shape index (κ1) is 19.9. The Labute approximate surface area is 184 Å². The van der Waals surface area contributed by atoms with Crippen molar-refractivity contribution in [3.63, 3.8) is 0 Å². The third kappa shape index (κ3) is 3.30. The highest BCUT2D eigenvalue weighted by atomic mass is 16.5. The Bertz CT molecular complexity index is 1540. The number of rotatable bonds is 5.